The Hall–Kier alpha value is -2.23. The van der Waals surface area contributed by atoms with E-state index in [1.165, 1.54) is 28.8 Å². The number of nitrogens with zero attached hydrogens (tertiary/aromatic N) is 3. The third-order valence-corrected chi connectivity index (χ3v) is 6.17. The van der Waals surface area contributed by atoms with E-state index in [1.54, 1.807) is 23.5 Å². The first-order valence-corrected chi connectivity index (χ1v) is 10.8. The van der Waals surface area contributed by atoms with E-state index in [9.17, 15) is 9.18 Å². The second-order valence-corrected chi connectivity index (χ2v) is 8.57. The van der Waals surface area contributed by atoms with E-state index < -0.39 is 0 Å². The van der Waals surface area contributed by atoms with Gasteiger partial charge in [0.15, 0.2) is 11.0 Å². The minimum absolute atomic E-state index is 0.0695. The summed E-state index contributed by atoms with van der Waals surface area (Å²) in [6, 6.07) is 10.2. The van der Waals surface area contributed by atoms with Crippen molar-refractivity contribution >= 4 is 29.0 Å². The molecule has 9 heteroatoms. The number of hydrogen-bond donors (Lipinski definition) is 2. The van der Waals surface area contributed by atoms with Crippen LogP contribution in [0.15, 0.2) is 46.9 Å². The van der Waals surface area contributed by atoms with Crippen LogP contribution in [0.2, 0.25) is 0 Å². The van der Waals surface area contributed by atoms with Crippen LogP contribution < -0.4 is 10.2 Å². The van der Waals surface area contributed by atoms with Gasteiger partial charge in [-0.15, -0.1) is 21.5 Å². The molecule has 3 aromatic rings. The maximum absolute atomic E-state index is 13.4. The molecule has 0 radical (unpaired) electrons. The molecule has 3 rings (SSSR count). The number of carbonyl (C=O) groups is 1. The summed E-state index contributed by atoms with van der Waals surface area (Å²) in [7, 11) is 4.08. The number of benzene rings is 1. The Morgan fingerprint density at radius 2 is 2.04 bits per heavy atom. The average Bonchev–Trinajstić information content (AvgIpc) is 3.34. The molecule has 0 bridgehead atoms. The van der Waals surface area contributed by atoms with Crippen molar-refractivity contribution in [3.05, 3.63) is 58.3 Å². The molecule has 0 unspecified atom stereocenters. The molecule has 148 valence electrons. The fourth-order valence-corrected chi connectivity index (χ4v) is 3.96. The summed E-state index contributed by atoms with van der Waals surface area (Å²) < 4.78 is 15.3. The highest BCUT2D eigenvalue weighted by molar-refractivity contribution is 7.99. The molecule has 0 aliphatic rings. The van der Waals surface area contributed by atoms with Crippen molar-refractivity contribution in [2.45, 2.75) is 24.7 Å². The monoisotopic (exact) mass is 420 g/mol. The first-order valence-electron chi connectivity index (χ1n) is 8.89. The Labute approximate surface area is 171 Å². The normalized spacial score (nSPS) is 12.3. The summed E-state index contributed by atoms with van der Waals surface area (Å²) in [5, 5.41) is 14.1. The number of hydrogen-bond acceptors (Lipinski definition) is 5. The lowest BCUT2D eigenvalue weighted by atomic mass is 10.2. The van der Waals surface area contributed by atoms with Crippen LogP contribution in [0.5, 0.6) is 0 Å². The first kappa shape index (κ1) is 20.5. The molecule has 0 aliphatic heterocycles. The van der Waals surface area contributed by atoms with E-state index in [0.717, 1.165) is 16.4 Å². The fourth-order valence-electron chi connectivity index (χ4n) is 2.53. The molecule has 6 nitrogen and oxygen atoms in total. The largest absolute Gasteiger partial charge is 0.350 e. The molecular weight excluding hydrogens is 397 g/mol. The minimum atomic E-state index is -0.299. The van der Waals surface area contributed by atoms with Crippen molar-refractivity contribution in [1.82, 2.24) is 20.1 Å². The maximum atomic E-state index is 13.4. The lowest BCUT2D eigenvalue weighted by molar-refractivity contribution is -0.890. The lowest BCUT2D eigenvalue weighted by Gasteiger charge is -2.18. The third kappa shape index (κ3) is 4.98. The first-order chi connectivity index (χ1) is 13.5. The Morgan fingerprint density at radius 3 is 2.68 bits per heavy atom. The van der Waals surface area contributed by atoms with Crippen LogP contribution >= 0.6 is 23.1 Å². The molecule has 0 fully saturated rings. The summed E-state index contributed by atoms with van der Waals surface area (Å²) in [6.45, 7) is 2.58. The minimum Gasteiger partial charge on any atom is -0.350 e. The zero-order valence-electron chi connectivity index (χ0n) is 16.0. The van der Waals surface area contributed by atoms with Crippen LogP contribution in [0.4, 0.5) is 4.39 Å². The second kappa shape index (κ2) is 9.31. The number of nitrogens with one attached hydrogen (secondary N) is 2. The second-order valence-electron chi connectivity index (χ2n) is 6.60. The molecular formula is C19H23FN5OS2+. The number of thioether (sulfide) groups is 1. The van der Waals surface area contributed by atoms with Gasteiger partial charge >= 0.3 is 0 Å². The van der Waals surface area contributed by atoms with Crippen LogP contribution in [0.3, 0.4) is 0 Å². The van der Waals surface area contributed by atoms with Gasteiger partial charge in [0.1, 0.15) is 11.9 Å². The summed E-state index contributed by atoms with van der Waals surface area (Å²) >= 11 is 2.93. The van der Waals surface area contributed by atoms with Gasteiger partial charge in [-0.25, -0.2) is 4.39 Å². The summed E-state index contributed by atoms with van der Waals surface area (Å²) in [5.74, 6) is 0.633. The van der Waals surface area contributed by atoms with Crippen molar-refractivity contribution in [2.24, 2.45) is 0 Å². The molecule has 0 aliphatic carbocycles. The van der Waals surface area contributed by atoms with Crippen LogP contribution in [0, 0.1) is 5.82 Å². The van der Waals surface area contributed by atoms with E-state index in [0.29, 0.717) is 11.7 Å². The number of thiophene rings is 1. The summed E-state index contributed by atoms with van der Waals surface area (Å²) in [4.78, 5) is 14.5. The molecule has 0 saturated carbocycles. The average molecular weight is 421 g/mol. The SMILES string of the molecule is C[C@H](c1nnc(SCC(=O)NCc2cccs2)n1-c1ccc(F)cc1)[NH+](C)C. The van der Waals surface area contributed by atoms with Crippen LogP contribution in [0.25, 0.3) is 5.69 Å². The molecule has 1 amide bonds. The standard InChI is InChI=1S/C19H22FN5OS2/c1-13(24(2)3)18-22-23-19(25(18)15-8-6-14(20)7-9-15)28-12-17(26)21-11-16-5-4-10-27-16/h4-10,13H,11-12H2,1-3H3,(H,21,26)/p+1/t13-/m1/s1. The van der Waals surface area contributed by atoms with Gasteiger partial charge < -0.3 is 10.2 Å². The predicted molar refractivity (Wildman–Crippen MR) is 109 cm³/mol. The Bertz CT molecular complexity index is 909. The molecule has 2 N–H and O–H groups in total. The molecule has 0 saturated heterocycles. The summed E-state index contributed by atoms with van der Waals surface area (Å²) in [5.41, 5.74) is 0.774. The van der Waals surface area contributed by atoms with Gasteiger partial charge in [-0.2, -0.15) is 0 Å². The van der Waals surface area contributed by atoms with Crippen LogP contribution in [-0.4, -0.2) is 40.5 Å². The fraction of sp³-hybridized carbons (Fsp3) is 0.316. The Morgan fingerprint density at radius 1 is 1.29 bits per heavy atom. The molecule has 2 aromatic heterocycles. The van der Waals surface area contributed by atoms with E-state index >= 15 is 0 Å². The van der Waals surface area contributed by atoms with Crippen molar-refractivity contribution < 1.29 is 14.1 Å². The highest BCUT2D eigenvalue weighted by Gasteiger charge is 2.23. The molecule has 1 atom stereocenters. The predicted octanol–water partition coefficient (Wildman–Crippen LogP) is 2.08. The zero-order valence-corrected chi connectivity index (χ0v) is 17.6. The van der Waals surface area contributed by atoms with Crippen molar-refractivity contribution in [2.75, 3.05) is 19.8 Å². The van der Waals surface area contributed by atoms with E-state index in [1.807, 2.05) is 36.2 Å². The van der Waals surface area contributed by atoms with Gasteiger partial charge in [0.05, 0.1) is 26.4 Å². The van der Waals surface area contributed by atoms with Gasteiger partial charge in [0.2, 0.25) is 5.91 Å². The van der Waals surface area contributed by atoms with Crippen molar-refractivity contribution in [1.29, 1.82) is 0 Å². The molecule has 0 spiro atoms. The van der Waals surface area contributed by atoms with E-state index in [2.05, 4.69) is 22.4 Å². The van der Waals surface area contributed by atoms with E-state index in [-0.39, 0.29) is 23.5 Å². The quantitative estimate of drug-likeness (QED) is 0.548. The molecule has 1 aromatic carbocycles. The Kier molecular flexibility index (Phi) is 6.82. The van der Waals surface area contributed by atoms with Gasteiger partial charge in [0, 0.05) is 10.6 Å². The van der Waals surface area contributed by atoms with Crippen LogP contribution in [-0.2, 0) is 11.3 Å². The van der Waals surface area contributed by atoms with Crippen LogP contribution in [0.1, 0.15) is 23.7 Å². The zero-order chi connectivity index (χ0) is 20.1. The lowest BCUT2D eigenvalue weighted by Crippen LogP contribution is -3.05. The highest BCUT2D eigenvalue weighted by atomic mass is 32.2. The number of rotatable bonds is 8. The number of quaternary nitrogens is 1. The topological polar surface area (TPSA) is 64.2 Å². The van der Waals surface area contributed by atoms with E-state index in [4.69, 9.17) is 0 Å². The number of carbonyl (C=O) groups excluding carboxylic acids is 1. The van der Waals surface area contributed by atoms with Gasteiger partial charge in [-0.3, -0.25) is 9.36 Å². The molecule has 28 heavy (non-hydrogen) atoms. The smallest absolute Gasteiger partial charge is 0.230 e. The summed E-state index contributed by atoms with van der Waals surface area (Å²) in [6.07, 6.45) is 0. The van der Waals surface area contributed by atoms with Crippen molar-refractivity contribution in [3.8, 4) is 5.69 Å². The number of aromatic nitrogens is 3. The van der Waals surface area contributed by atoms with Gasteiger partial charge in [0.25, 0.3) is 0 Å². The number of halogens is 1. The Balaban J connectivity index is 1.76. The van der Waals surface area contributed by atoms with Crippen molar-refractivity contribution in [3.63, 3.8) is 0 Å². The maximum Gasteiger partial charge on any atom is 0.230 e. The number of amides is 1. The van der Waals surface area contributed by atoms with Gasteiger partial charge in [-0.05, 0) is 42.6 Å². The highest BCUT2D eigenvalue weighted by Crippen LogP contribution is 2.24. The van der Waals surface area contributed by atoms with Gasteiger partial charge in [-0.1, -0.05) is 17.8 Å². The third-order valence-electron chi connectivity index (χ3n) is 4.37. The molecule has 2 heterocycles.